The summed E-state index contributed by atoms with van der Waals surface area (Å²) in [5.74, 6) is -2.56. The Morgan fingerprint density at radius 3 is 2.22 bits per heavy atom. The third-order valence-electron chi connectivity index (χ3n) is 2.60. The summed E-state index contributed by atoms with van der Waals surface area (Å²) < 4.78 is 22.8. The molecule has 0 bridgehead atoms. The Kier molecular flexibility index (Phi) is 6.24. The topological polar surface area (TPSA) is 81.7 Å². The molecule has 1 amide bonds. The van der Waals surface area contributed by atoms with Crippen LogP contribution in [0.15, 0.2) is 24.3 Å². The molecule has 1 atom stereocenters. The van der Waals surface area contributed by atoms with Crippen molar-refractivity contribution in [1.82, 2.24) is 5.32 Å². The van der Waals surface area contributed by atoms with E-state index in [2.05, 4.69) is 10.1 Å². The summed E-state index contributed by atoms with van der Waals surface area (Å²) in [7, 11) is 0. The van der Waals surface area contributed by atoms with Gasteiger partial charge in [-0.2, -0.15) is 0 Å². The summed E-state index contributed by atoms with van der Waals surface area (Å²) in [6.45, 7) is 6.55. The van der Waals surface area contributed by atoms with E-state index in [1.54, 1.807) is 27.7 Å². The minimum Gasteiger partial charge on any atom is -0.460 e. The maximum absolute atomic E-state index is 13.0. The van der Waals surface area contributed by atoms with Crippen LogP contribution in [0.5, 0.6) is 0 Å². The highest BCUT2D eigenvalue weighted by molar-refractivity contribution is 6.36. The molecule has 1 rings (SSSR count). The van der Waals surface area contributed by atoms with Gasteiger partial charge < -0.3 is 14.8 Å². The molecule has 0 radical (unpaired) electrons. The summed E-state index contributed by atoms with van der Waals surface area (Å²) in [5, 5.41) is 2.31. The zero-order valence-electron chi connectivity index (χ0n) is 13.5. The molecule has 0 aliphatic heterocycles. The number of carbonyl (C=O) groups excluding carboxylic acids is 3. The van der Waals surface area contributed by atoms with E-state index < -0.39 is 35.3 Å². The maximum Gasteiger partial charge on any atom is 0.408 e. The van der Waals surface area contributed by atoms with Gasteiger partial charge in [-0.15, -0.1) is 0 Å². The van der Waals surface area contributed by atoms with E-state index in [4.69, 9.17) is 4.74 Å². The standard InChI is InChI=1S/C16H20FNO5/c1-5-22-14(20)13(19)12(10-6-8-11(17)9-7-10)18-15(21)23-16(2,3)4/h6-9,12H,5H2,1-4H3,(H,18,21). The fraction of sp³-hybridized carbons (Fsp3) is 0.438. The molecule has 0 heterocycles. The highest BCUT2D eigenvalue weighted by Gasteiger charge is 2.31. The maximum atomic E-state index is 13.0. The fourth-order valence-corrected chi connectivity index (χ4v) is 1.70. The van der Waals surface area contributed by atoms with Crippen LogP contribution in [0.2, 0.25) is 0 Å². The molecule has 0 spiro atoms. The lowest BCUT2D eigenvalue weighted by Crippen LogP contribution is -2.40. The van der Waals surface area contributed by atoms with Crippen LogP contribution in [0.1, 0.15) is 39.3 Å². The zero-order valence-corrected chi connectivity index (χ0v) is 13.5. The van der Waals surface area contributed by atoms with E-state index in [1.165, 1.54) is 12.1 Å². The van der Waals surface area contributed by atoms with Crippen molar-refractivity contribution in [3.05, 3.63) is 35.6 Å². The molecule has 1 N–H and O–H groups in total. The number of Topliss-reactive ketones (excluding diaryl/α,β-unsaturated/α-hetero) is 1. The number of ether oxygens (including phenoxy) is 2. The number of hydrogen-bond acceptors (Lipinski definition) is 5. The molecular weight excluding hydrogens is 305 g/mol. The van der Waals surface area contributed by atoms with Gasteiger partial charge in [0.2, 0.25) is 0 Å². The number of amides is 1. The van der Waals surface area contributed by atoms with Crippen molar-refractivity contribution in [3.8, 4) is 0 Å². The number of carbonyl (C=O) groups is 3. The molecular formula is C16H20FNO5. The average molecular weight is 325 g/mol. The summed E-state index contributed by atoms with van der Waals surface area (Å²) in [5.41, 5.74) is -0.528. The Morgan fingerprint density at radius 1 is 1.17 bits per heavy atom. The number of benzene rings is 1. The molecule has 6 nitrogen and oxygen atoms in total. The van der Waals surface area contributed by atoms with Crippen LogP contribution in [0, 0.1) is 5.82 Å². The number of halogens is 1. The summed E-state index contributed by atoms with van der Waals surface area (Å²) in [6, 6.07) is 3.53. The highest BCUT2D eigenvalue weighted by Crippen LogP contribution is 2.17. The van der Waals surface area contributed by atoms with E-state index in [-0.39, 0.29) is 12.2 Å². The van der Waals surface area contributed by atoms with Gasteiger partial charge in [0.15, 0.2) is 0 Å². The van der Waals surface area contributed by atoms with Crippen LogP contribution in [-0.4, -0.2) is 30.1 Å². The van der Waals surface area contributed by atoms with Gasteiger partial charge in [0, 0.05) is 0 Å². The van der Waals surface area contributed by atoms with Gasteiger partial charge in [0.1, 0.15) is 17.5 Å². The summed E-state index contributed by atoms with van der Waals surface area (Å²) in [4.78, 5) is 35.7. The van der Waals surface area contributed by atoms with Crippen LogP contribution < -0.4 is 5.32 Å². The molecule has 23 heavy (non-hydrogen) atoms. The minimum absolute atomic E-state index is 0.0210. The quantitative estimate of drug-likeness (QED) is 0.664. The third-order valence-corrected chi connectivity index (χ3v) is 2.60. The first kappa shape index (κ1) is 18.6. The SMILES string of the molecule is CCOC(=O)C(=O)C(NC(=O)OC(C)(C)C)c1ccc(F)cc1. The lowest BCUT2D eigenvalue weighted by atomic mass is 10.0. The Hall–Kier alpha value is -2.44. The van der Waals surface area contributed by atoms with E-state index in [9.17, 15) is 18.8 Å². The lowest BCUT2D eigenvalue weighted by Gasteiger charge is -2.23. The number of ketones is 1. The number of nitrogens with one attached hydrogen (secondary N) is 1. The van der Waals surface area contributed by atoms with Crippen LogP contribution in [0.4, 0.5) is 9.18 Å². The highest BCUT2D eigenvalue weighted by atomic mass is 19.1. The predicted molar refractivity (Wildman–Crippen MR) is 80.2 cm³/mol. The lowest BCUT2D eigenvalue weighted by molar-refractivity contribution is -0.154. The van der Waals surface area contributed by atoms with Gasteiger partial charge in [0.05, 0.1) is 6.61 Å². The second-order valence-corrected chi connectivity index (χ2v) is 5.72. The van der Waals surface area contributed by atoms with E-state index >= 15 is 0 Å². The molecule has 1 unspecified atom stereocenters. The van der Waals surface area contributed by atoms with Gasteiger partial charge in [-0.3, -0.25) is 4.79 Å². The Labute approximate surface area is 134 Å². The Bertz CT molecular complexity index is 577. The number of esters is 1. The van der Waals surface area contributed by atoms with Gasteiger partial charge in [-0.25, -0.2) is 14.0 Å². The van der Waals surface area contributed by atoms with Crippen molar-refractivity contribution in [2.45, 2.75) is 39.3 Å². The van der Waals surface area contributed by atoms with Gasteiger partial charge in [-0.1, -0.05) is 12.1 Å². The van der Waals surface area contributed by atoms with Crippen LogP contribution in [0.25, 0.3) is 0 Å². The monoisotopic (exact) mass is 325 g/mol. The first-order valence-corrected chi connectivity index (χ1v) is 7.10. The number of hydrogen-bond donors (Lipinski definition) is 1. The Balaban J connectivity index is 3.01. The molecule has 0 fully saturated rings. The smallest absolute Gasteiger partial charge is 0.408 e. The van der Waals surface area contributed by atoms with Crippen molar-refractivity contribution < 1.29 is 28.2 Å². The first-order chi connectivity index (χ1) is 10.6. The Morgan fingerprint density at radius 2 is 1.74 bits per heavy atom. The first-order valence-electron chi connectivity index (χ1n) is 7.10. The number of alkyl carbamates (subject to hydrolysis) is 1. The third kappa shape index (κ3) is 6.06. The van der Waals surface area contributed by atoms with Crippen LogP contribution in [-0.2, 0) is 19.1 Å². The largest absolute Gasteiger partial charge is 0.460 e. The number of rotatable bonds is 5. The molecule has 126 valence electrons. The molecule has 0 aromatic heterocycles. The molecule has 1 aromatic carbocycles. The van der Waals surface area contributed by atoms with Crippen molar-refractivity contribution >= 4 is 17.8 Å². The van der Waals surface area contributed by atoms with E-state index in [0.29, 0.717) is 0 Å². The molecule has 0 aliphatic carbocycles. The van der Waals surface area contributed by atoms with Crippen molar-refractivity contribution in [1.29, 1.82) is 0 Å². The van der Waals surface area contributed by atoms with Crippen molar-refractivity contribution in [2.75, 3.05) is 6.61 Å². The summed E-state index contributed by atoms with van der Waals surface area (Å²) >= 11 is 0. The predicted octanol–water partition coefficient (Wildman–Crippen LogP) is 2.52. The van der Waals surface area contributed by atoms with E-state index in [1.807, 2.05) is 0 Å². The van der Waals surface area contributed by atoms with Crippen molar-refractivity contribution in [2.24, 2.45) is 0 Å². The molecule has 0 saturated carbocycles. The molecule has 0 aliphatic rings. The van der Waals surface area contributed by atoms with Gasteiger partial charge in [-0.05, 0) is 45.4 Å². The van der Waals surface area contributed by atoms with Crippen LogP contribution in [0.3, 0.4) is 0 Å². The fourth-order valence-electron chi connectivity index (χ4n) is 1.70. The zero-order chi connectivity index (χ0) is 17.6. The van der Waals surface area contributed by atoms with Crippen LogP contribution >= 0.6 is 0 Å². The minimum atomic E-state index is -1.32. The second-order valence-electron chi connectivity index (χ2n) is 5.72. The van der Waals surface area contributed by atoms with E-state index in [0.717, 1.165) is 12.1 Å². The average Bonchev–Trinajstić information content (AvgIpc) is 2.43. The molecule has 7 heteroatoms. The molecule has 0 saturated heterocycles. The van der Waals surface area contributed by atoms with Gasteiger partial charge >= 0.3 is 12.1 Å². The second kappa shape index (κ2) is 7.71. The molecule has 1 aromatic rings. The van der Waals surface area contributed by atoms with Crippen molar-refractivity contribution in [3.63, 3.8) is 0 Å². The van der Waals surface area contributed by atoms with Gasteiger partial charge in [0.25, 0.3) is 5.78 Å². The normalized spacial score (nSPS) is 12.2. The summed E-state index contributed by atoms with van der Waals surface area (Å²) in [6.07, 6.45) is -0.871.